The molecule has 0 bridgehead atoms. The summed E-state index contributed by atoms with van der Waals surface area (Å²) in [6.45, 7) is 2.54. The molecular formula is C11H13N3S. The van der Waals surface area contributed by atoms with E-state index in [9.17, 15) is 0 Å². The third-order valence-corrected chi connectivity index (χ3v) is 3.18. The van der Waals surface area contributed by atoms with E-state index in [-0.39, 0.29) is 0 Å². The van der Waals surface area contributed by atoms with Crippen LogP contribution in [0.2, 0.25) is 0 Å². The highest BCUT2D eigenvalue weighted by Crippen LogP contribution is 2.28. The summed E-state index contributed by atoms with van der Waals surface area (Å²) in [4.78, 5) is 4.44. The maximum absolute atomic E-state index is 5.76. The van der Waals surface area contributed by atoms with Gasteiger partial charge in [0.15, 0.2) is 0 Å². The molecule has 1 aromatic carbocycles. The smallest absolute Gasteiger partial charge is 0.124 e. The van der Waals surface area contributed by atoms with E-state index in [1.807, 2.05) is 23.6 Å². The molecule has 15 heavy (non-hydrogen) atoms. The van der Waals surface area contributed by atoms with Crippen molar-refractivity contribution >= 4 is 17.0 Å². The number of hydrogen-bond donors (Lipinski definition) is 2. The molecule has 78 valence electrons. The molecule has 0 radical (unpaired) electrons. The SMILES string of the molecule is Cc1ccc(N)cc1-c1nc(CN)cs1. The van der Waals surface area contributed by atoms with Crippen molar-refractivity contribution < 1.29 is 0 Å². The third-order valence-electron chi connectivity index (χ3n) is 2.25. The van der Waals surface area contributed by atoms with Crippen LogP contribution in [0.4, 0.5) is 5.69 Å². The van der Waals surface area contributed by atoms with Gasteiger partial charge in [-0.1, -0.05) is 6.07 Å². The van der Waals surface area contributed by atoms with Crippen molar-refractivity contribution in [3.05, 3.63) is 34.8 Å². The summed E-state index contributed by atoms with van der Waals surface area (Å²) >= 11 is 1.60. The van der Waals surface area contributed by atoms with E-state index in [0.717, 1.165) is 22.0 Å². The fraction of sp³-hybridized carbons (Fsp3) is 0.182. The Morgan fingerprint density at radius 2 is 2.20 bits per heavy atom. The molecule has 0 aliphatic carbocycles. The second kappa shape index (κ2) is 4.00. The van der Waals surface area contributed by atoms with Crippen LogP contribution in [0.1, 0.15) is 11.3 Å². The third kappa shape index (κ3) is 2.00. The standard InChI is InChI=1S/C11H13N3S/c1-7-2-3-8(13)4-10(7)11-14-9(5-12)6-15-11/h2-4,6H,5,12-13H2,1H3. The first-order valence-corrected chi connectivity index (χ1v) is 5.59. The Bertz CT molecular complexity index is 476. The minimum absolute atomic E-state index is 0.484. The molecule has 2 aromatic rings. The zero-order chi connectivity index (χ0) is 10.8. The van der Waals surface area contributed by atoms with Gasteiger partial charge < -0.3 is 11.5 Å². The van der Waals surface area contributed by atoms with E-state index in [1.54, 1.807) is 11.3 Å². The Kier molecular flexibility index (Phi) is 2.70. The van der Waals surface area contributed by atoms with Crippen molar-refractivity contribution in [2.75, 3.05) is 5.73 Å². The lowest BCUT2D eigenvalue weighted by atomic mass is 10.1. The predicted molar refractivity (Wildman–Crippen MR) is 64.6 cm³/mol. The first kappa shape index (κ1) is 10.1. The van der Waals surface area contributed by atoms with Crippen LogP contribution in [0.15, 0.2) is 23.6 Å². The first-order valence-electron chi connectivity index (χ1n) is 4.71. The molecule has 1 heterocycles. The van der Waals surface area contributed by atoms with E-state index in [4.69, 9.17) is 11.5 Å². The van der Waals surface area contributed by atoms with Crippen LogP contribution in [0, 0.1) is 6.92 Å². The molecule has 0 atom stereocenters. The Hall–Kier alpha value is -1.39. The normalized spacial score (nSPS) is 10.5. The van der Waals surface area contributed by atoms with Crippen LogP contribution in [0.5, 0.6) is 0 Å². The molecule has 1 aromatic heterocycles. The van der Waals surface area contributed by atoms with Gasteiger partial charge >= 0.3 is 0 Å². The highest BCUT2D eigenvalue weighted by Gasteiger charge is 2.06. The Morgan fingerprint density at radius 1 is 1.40 bits per heavy atom. The Labute approximate surface area is 92.8 Å². The second-order valence-corrected chi connectivity index (χ2v) is 4.28. The molecule has 4 heteroatoms. The van der Waals surface area contributed by atoms with E-state index in [1.165, 1.54) is 5.56 Å². The predicted octanol–water partition coefficient (Wildman–Crippen LogP) is 2.16. The van der Waals surface area contributed by atoms with Gasteiger partial charge in [-0.05, 0) is 24.6 Å². The molecule has 0 amide bonds. The van der Waals surface area contributed by atoms with E-state index in [0.29, 0.717) is 6.54 Å². The van der Waals surface area contributed by atoms with Crippen molar-refractivity contribution in [1.29, 1.82) is 0 Å². The van der Waals surface area contributed by atoms with Gasteiger partial charge in [-0.25, -0.2) is 4.98 Å². The molecule has 0 fully saturated rings. The average molecular weight is 219 g/mol. The van der Waals surface area contributed by atoms with Gasteiger partial charge in [0.2, 0.25) is 0 Å². The summed E-state index contributed by atoms with van der Waals surface area (Å²) in [6, 6.07) is 5.86. The van der Waals surface area contributed by atoms with Gasteiger partial charge in [0.05, 0.1) is 5.69 Å². The number of nitrogen functional groups attached to an aromatic ring is 1. The minimum atomic E-state index is 0.484. The minimum Gasteiger partial charge on any atom is -0.399 e. The molecule has 4 N–H and O–H groups in total. The number of nitrogens with zero attached hydrogens (tertiary/aromatic N) is 1. The highest BCUT2D eigenvalue weighted by molar-refractivity contribution is 7.13. The number of aromatic nitrogens is 1. The largest absolute Gasteiger partial charge is 0.399 e. The quantitative estimate of drug-likeness (QED) is 0.761. The maximum Gasteiger partial charge on any atom is 0.124 e. The van der Waals surface area contributed by atoms with Crippen LogP contribution in [0.3, 0.4) is 0 Å². The van der Waals surface area contributed by atoms with Crippen LogP contribution < -0.4 is 11.5 Å². The number of rotatable bonds is 2. The van der Waals surface area contributed by atoms with E-state index >= 15 is 0 Å². The molecule has 2 rings (SSSR count). The number of hydrogen-bond acceptors (Lipinski definition) is 4. The van der Waals surface area contributed by atoms with Crippen molar-refractivity contribution in [2.24, 2.45) is 5.73 Å². The number of aryl methyl sites for hydroxylation is 1. The van der Waals surface area contributed by atoms with Gasteiger partial charge in [0.1, 0.15) is 5.01 Å². The van der Waals surface area contributed by atoms with Gasteiger partial charge in [0, 0.05) is 23.2 Å². The lowest BCUT2D eigenvalue weighted by Crippen LogP contribution is -1.96. The van der Waals surface area contributed by atoms with Crippen molar-refractivity contribution in [3.63, 3.8) is 0 Å². The van der Waals surface area contributed by atoms with Crippen LogP contribution >= 0.6 is 11.3 Å². The summed E-state index contributed by atoms with van der Waals surface area (Å²) in [5.41, 5.74) is 15.3. The number of benzene rings is 1. The highest BCUT2D eigenvalue weighted by atomic mass is 32.1. The average Bonchev–Trinajstić information content (AvgIpc) is 2.70. The summed E-state index contributed by atoms with van der Waals surface area (Å²) in [6.07, 6.45) is 0. The van der Waals surface area contributed by atoms with Crippen molar-refractivity contribution in [1.82, 2.24) is 4.98 Å². The summed E-state index contributed by atoms with van der Waals surface area (Å²) in [5.74, 6) is 0. The van der Waals surface area contributed by atoms with Gasteiger partial charge in [-0.3, -0.25) is 0 Å². The summed E-state index contributed by atoms with van der Waals surface area (Å²) < 4.78 is 0. The number of nitrogens with two attached hydrogens (primary N) is 2. The molecule has 3 nitrogen and oxygen atoms in total. The maximum atomic E-state index is 5.76. The molecule has 0 saturated heterocycles. The van der Waals surface area contributed by atoms with Gasteiger partial charge in [0.25, 0.3) is 0 Å². The van der Waals surface area contributed by atoms with Crippen LogP contribution in [0.25, 0.3) is 10.6 Å². The second-order valence-electron chi connectivity index (χ2n) is 3.42. The summed E-state index contributed by atoms with van der Waals surface area (Å²) in [7, 11) is 0. The van der Waals surface area contributed by atoms with Crippen molar-refractivity contribution in [3.8, 4) is 10.6 Å². The monoisotopic (exact) mass is 219 g/mol. The van der Waals surface area contributed by atoms with Crippen LogP contribution in [-0.2, 0) is 6.54 Å². The molecule has 0 spiro atoms. The van der Waals surface area contributed by atoms with E-state index < -0.39 is 0 Å². The van der Waals surface area contributed by atoms with Crippen LogP contribution in [-0.4, -0.2) is 4.98 Å². The molecule has 0 saturated carbocycles. The fourth-order valence-corrected chi connectivity index (χ4v) is 2.31. The zero-order valence-corrected chi connectivity index (χ0v) is 9.34. The summed E-state index contributed by atoms with van der Waals surface area (Å²) in [5, 5.41) is 2.97. The van der Waals surface area contributed by atoms with Crippen molar-refractivity contribution in [2.45, 2.75) is 13.5 Å². The molecule has 0 unspecified atom stereocenters. The molecular weight excluding hydrogens is 206 g/mol. The first-order chi connectivity index (χ1) is 7.20. The Balaban J connectivity index is 2.48. The zero-order valence-electron chi connectivity index (χ0n) is 8.53. The van der Waals surface area contributed by atoms with Gasteiger partial charge in [-0.15, -0.1) is 11.3 Å². The lowest BCUT2D eigenvalue weighted by molar-refractivity contribution is 1.01. The lowest BCUT2D eigenvalue weighted by Gasteiger charge is -2.03. The number of anilines is 1. The Morgan fingerprint density at radius 3 is 2.87 bits per heavy atom. The van der Waals surface area contributed by atoms with E-state index in [2.05, 4.69) is 11.9 Å². The fourth-order valence-electron chi connectivity index (χ4n) is 1.39. The molecule has 0 aliphatic rings. The molecule has 0 aliphatic heterocycles. The van der Waals surface area contributed by atoms with Gasteiger partial charge in [-0.2, -0.15) is 0 Å². The topological polar surface area (TPSA) is 64.9 Å². The number of thiazole rings is 1.